The number of hydrogen-bond donors (Lipinski definition) is 2. The average Bonchev–Trinajstić information content (AvgIpc) is 2.75. The summed E-state index contributed by atoms with van der Waals surface area (Å²) < 4.78 is 1.75. The van der Waals surface area contributed by atoms with Gasteiger partial charge in [0.25, 0.3) is 0 Å². The van der Waals surface area contributed by atoms with Crippen LogP contribution in [0.1, 0.15) is 0 Å². The van der Waals surface area contributed by atoms with Crippen molar-refractivity contribution in [3.05, 3.63) is 42.6 Å². The average molecular weight is 226 g/mol. The van der Waals surface area contributed by atoms with E-state index in [1.165, 1.54) is 0 Å². The first kappa shape index (κ1) is 9.65. The monoisotopic (exact) mass is 226 g/mol. The molecule has 0 amide bonds. The molecule has 0 spiro atoms. The lowest BCUT2D eigenvalue weighted by molar-refractivity contribution is 0.477. The molecule has 0 aliphatic carbocycles. The molecule has 0 aliphatic heterocycles. The van der Waals surface area contributed by atoms with E-state index in [0.717, 1.165) is 0 Å². The van der Waals surface area contributed by atoms with Gasteiger partial charge in [-0.2, -0.15) is 0 Å². The van der Waals surface area contributed by atoms with Crippen LogP contribution in [-0.4, -0.2) is 19.7 Å². The molecular weight excluding hydrogens is 216 g/mol. The molecule has 17 heavy (non-hydrogen) atoms. The van der Waals surface area contributed by atoms with E-state index in [1.807, 2.05) is 18.3 Å². The zero-order valence-corrected chi connectivity index (χ0v) is 8.91. The van der Waals surface area contributed by atoms with E-state index >= 15 is 0 Å². The van der Waals surface area contributed by atoms with Crippen molar-refractivity contribution >= 4 is 11.3 Å². The number of phenolic OH excluding ortho intramolecular Hbond substituents is 1. The van der Waals surface area contributed by atoms with Crippen LogP contribution in [0.15, 0.2) is 42.6 Å². The molecule has 0 saturated carbocycles. The van der Waals surface area contributed by atoms with Gasteiger partial charge in [-0.25, -0.2) is 0 Å². The van der Waals surface area contributed by atoms with Crippen molar-refractivity contribution in [1.82, 2.24) is 14.6 Å². The number of benzene rings is 1. The molecule has 84 valence electrons. The molecule has 3 N–H and O–H groups in total. The quantitative estimate of drug-likeness (QED) is 0.662. The standard InChI is InChI=1S/C12H10N4O/c13-9-5-3-7-16-11(14-15-12(9)16)8-4-1-2-6-10(8)17/h1-7,17H,13H2. The van der Waals surface area contributed by atoms with Crippen molar-refractivity contribution in [2.45, 2.75) is 0 Å². The Hall–Kier alpha value is -2.56. The van der Waals surface area contributed by atoms with Crippen LogP contribution < -0.4 is 5.73 Å². The lowest BCUT2D eigenvalue weighted by Crippen LogP contribution is -1.93. The molecule has 5 heteroatoms. The number of hydrogen-bond acceptors (Lipinski definition) is 4. The predicted molar refractivity (Wildman–Crippen MR) is 64.5 cm³/mol. The second-order valence-corrected chi connectivity index (χ2v) is 3.70. The zero-order valence-electron chi connectivity index (χ0n) is 8.91. The highest BCUT2D eigenvalue weighted by Gasteiger charge is 2.12. The summed E-state index contributed by atoms with van der Waals surface area (Å²) in [6, 6.07) is 10.6. The van der Waals surface area contributed by atoms with Crippen LogP contribution in [0.4, 0.5) is 5.69 Å². The summed E-state index contributed by atoms with van der Waals surface area (Å²) in [5.41, 5.74) is 7.58. The first-order chi connectivity index (χ1) is 8.27. The van der Waals surface area contributed by atoms with Crippen molar-refractivity contribution in [2.75, 3.05) is 5.73 Å². The number of nitrogens with zero attached hydrogens (tertiary/aromatic N) is 3. The molecule has 2 aromatic heterocycles. The van der Waals surface area contributed by atoms with E-state index in [2.05, 4.69) is 10.2 Å². The molecular formula is C12H10N4O. The van der Waals surface area contributed by atoms with E-state index in [4.69, 9.17) is 5.73 Å². The molecule has 3 aromatic rings. The Morgan fingerprint density at radius 1 is 1.06 bits per heavy atom. The minimum absolute atomic E-state index is 0.171. The number of phenols is 1. The zero-order chi connectivity index (χ0) is 11.8. The minimum Gasteiger partial charge on any atom is -0.507 e. The summed E-state index contributed by atoms with van der Waals surface area (Å²) in [5.74, 6) is 0.745. The molecule has 0 radical (unpaired) electrons. The van der Waals surface area contributed by atoms with Gasteiger partial charge in [-0.05, 0) is 24.3 Å². The third-order valence-corrected chi connectivity index (χ3v) is 2.61. The first-order valence-corrected chi connectivity index (χ1v) is 5.15. The third-order valence-electron chi connectivity index (χ3n) is 2.61. The molecule has 3 rings (SSSR count). The Morgan fingerprint density at radius 2 is 1.88 bits per heavy atom. The van der Waals surface area contributed by atoms with Gasteiger partial charge in [-0.3, -0.25) is 4.40 Å². The van der Waals surface area contributed by atoms with Crippen LogP contribution in [-0.2, 0) is 0 Å². The first-order valence-electron chi connectivity index (χ1n) is 5.15. The number of rotatable bonds is 1. The number of nitrogen functional groups attached to an aromatic ring is 1. The Morgan fingerprint density at radius 3 is 2.71 bits per heavy atom. The maximum atomic E-state index is 9.80. The fraction of sp³-hybridized carbons (Fsp3) is 0. The van der Waals surface area contributed by atoms with Crippen LogP contribution in [0.2, 0.25) is 0 Å². The third kappa shape index (κ3) is 1.40. The fourth-order valence-corrected chi connectivity index (χ4v) is 1.78. The van der Waals surface area contributed by atoms with E-state index in [0.29, 0.717) is 22.7 Å². The molecule has 2 heterocycles. The Balaban J connectivity index is 2.33. The normalized spacial score (nSPS) is 10.8. The van der Waals surface area contributed by atoms with Crippen molar-refractivity contribution < 1.29 is 5.11 Å². The number of aromatic hydroxyl groups is 1. The number of aromatic nitrogens is 3. The van der Waals surface area contributed by atoms with Crippen LogP contribution in [0, 0.1) is 0 Å². The largest absolute Gasteiger partial charge is 0.507 e. The van der Waals surface area contributed by atoms with Crippen molar-refractivity contribution in [3.8, 4) is 17.1 Å². The summed E-state index contributed by atoms with van der Waals surface area (Å²) in [6.45, 7) is 0. The molecule has 5 nitrogen and oxygen atoms in total. The Labute approximate surface area is 97.1 Å². The molecule has 0 bridgehead atoms. The van der Waals surface area contributed by atoms with Crippen LogP contribution >= 0.6 is 0 Å². The summed E-state index contributed by atoms with van der Waals surface area (Å²) in [7, 11) is 0. The summed E-state index contributed by atoms with van der Waals surface area (Å²) in [6.07, 6.45) is 1.81. The van der Waals surface area contributed by atoms with Gasteiger partial charge in [0, 0.05) is 6.20 Å². The highest BCUT2D eigenvalue weighted by Crippen LogP contribution is 2.28. The van der Waals surface area contributed by atoms with Crippen LogP contribution in [0.25, 0.3) is 17.0 Å². The molecule has 0 atom stereocenters. The SMILES string of the molecule is Nc1cccn2c(-c3ccccc3O)nnc12. The smallest absolute Gasteiger partial charge is 0.184 e. The van der Waals surface area contributed by atoms with E-state index < -0.39 is 0 Å². The fourth-order valence-electron chi connectivity index (χ4n) is 1.78. The molecule has 0 unspecified atom stereocenters. The van der Waals surface area contributed by atoms with Crippen molar-refractivity contribution in [2.24, 2.45) is 0 Å². The van der Waals surface area contributed by atoms with Gasteiger partial charge < -0.3 is 10.8 Å². The number of para-hydroxylation sites is 1. The van der Waals surface area contributed by atoms with E-state index in [1.54, 1.807) is 28.7 Å². The van der Waals surface area contributed by atoms with Gasteiger partial charge in [0.15, 0.2) is 11.5 Å². The van der Waals surface area contributed by atoms with Crippen molar-refractivity contribution in [1.29, 1.82) is 0 Å². The maximum absolute atomic E-state index is 9.80. The summed E-state index contributed by atoms with van der Waals surface area (Å²) >= 11 is 0. The molecule has 1 aromatic carbocycles. The highest BCUT2D eigenvalue weighted by molar-refractivity contribution is 5.71. The minimum atomic E-state index is 0.171. The number of anilines is 1. The predicted octanol–water partition coefficient (Wildman–Crippen LogP) is 1.68. The maximum Gasteiger partial charge on any atom is 0.184 e. The lowest BCUT2D eigenvalue weighted by Gasteiger charge is -2.02. The van der Waals surface area contributed by atoms with Gasteiger partial charge in [-0.15, -0.1) is 10.2 Å². The summed E-state index contributed by atoms with van der Waals surface area (Å²) in [5, 5.41) is 17.9. The van der Waals surface area contributed by atoms with E-state index in [9.17, 15) is 5.11 Å². The van der Waals surface area contributed by atoms with Gasteiger partial charge in [0.1, 0.15) is 5.75 Å². The van der Waals surface area contributed by atoms with Gasteiger partial charge in [-0.1, -0.05) is 12.1 Å². The number of nitrogens with two attached hydrogens (primary N) is 1. The molecule has 0 aliphatic rings. The highest BCUT2D eigenvalue weighted by atomic mass is 16.3. The van der Waals surface area contributed by atoms with Crippen molar-refractivity contribution in [3.63, 3.8) is 0 Å². The summed E-state index contributed by atoms with van der Waals surface area (Å²) in [4.78, 5) is 0. The Kier molecular flexibility index (Phi) is 1.98. The van der Waals surface area contributed by atoms with Gasteiger partial charge in [0.2, 0.25) is 0 Å². The molecule has 0 fully saturated rings. The van der Waals surface area contributed by atoms with Gasteiger partial charge in [0.05, 0.1) is 11.3 Å². The Bertz CT molecular complexity index is 690. The number of pyridine rings is 1. The van der Waals surface area contributed by atoms with Gasteiger partial charge >= 0.3 is 0 Å². The van der Waals surface area contributed by atoms with Crippen LogP contribution in [0.3, 0.4) is 0 Å². The second-order valence-electron chi connectivity index (χ2n) is 3.70. The van der Waals surface area contributed by atoms with Crippen LogP contribution in [0.5, 0.6) is 5.75 Å². The second kappa shape index (κ2) is 3.48. The lowest BCUT2D eigenvalue weighted by atomic mass is 10.2. The number of fused-ring (bicyclic) bond motifs is 1. The topological polar surface area (TPSA) is 76.4 Å². The molecule has 0 saturated heterocycles. The van der Waals surface area contributed by atoms with E-state index in [-0.39, 0.29) is 5.75 Å².